The highest BCUT2D eigenvalue weighted by Gasteiger charge is 2.08. The highest BCUT2D eigenvalue weighted by atomic mass is 35.5. The number of anilines is 1. The second-order valence-corrected chi connectivity index (χ2v) is 6.99. The molecule has 0 aliphatic rings. The zero-order valence-corrected chi connectivity index (χ0v) is 16.8. The van der Waals surface area contributed by atoms with Gasteiger partial charge in [-0.15, -0.1) is 0 Å². The summed E-state index contributed by atoms with van der Waals surface area (Å²) >= 11 is 12.0. The second kappa shape index (κ2) is 9.96. The van der Waals surface area contributed by atoms with Crippen molar-refractivity contribution in [3.63, 3.8) is 0 Å². The van der Waals surface area contributed by atoms with Crippen molar-refractivity contribution in [2.45, 2.75) is 6.54 Å². The van der Waals surface area contributed by atoms with Crippen molar-refractivity contribution >= 4 is 40.7 Å². The number of rotatable bonds is 7. The smallest absolute Gasteiger partial charge is 0.258 e. The van der Waals surface area contributed by atoms with Gasteiger partial charge in [0.1, 0.15) is 5.75 Å². The average Bonchev–Trinajstić information content (AvgIpc) is 2.72. The highest BCUT2D eigenvalue weighted by molar-refractivity contribution is 6.31. The molecular formula is C22H18Cl2N2O3. The summed E-state index contributed by atoms with van der Waals surface area (Å²) in [7, 11) is 0. The molecule has 29 heavy (non-hydrogen) atoms. The minimum atomic E-state index is -0.271. The van der Waals surface area contributed by atoms with Gasteiger partial charge in [0.15, 0.2) is 6.61 Å². The van der Waals surface area contributed by atoms with E-state index in [1.165, 1.54) is 0 Å². The van der Waals surface area contributed by atoms with Gasteiger partial charge in [-0.05, 0) is 54.1 Å². The first-order valence-electron chi connectivity index (χ1n) is 8.81. The standard InChI is InChI=1S/C22H18Cl2N2O3/c23-17-5-3-6-18(12-17)26-22(28)15-8-10-19(11-9-15)29-14-21(27)25-13-16-4-1-2-7-20(16)24/h1-12H,13-14H2,(H,25,27)(H,26,28). The van der Waals surface area contributed by atoms with E-state index < -0.39 is 0 Å². The van der Waals surface area contributed by atoms with E-state index in [1.54, 1.807) is 54.6 Å². The fourth-order valence-corrected chi connectivity index (χ4v) is 2.90. The van der Waals surface area contributed by atoms with Crippen LogP contribution < -0.4 is 15.4 Å². The topological polar surface area (TPSA) is 67.4 Å². The van der Waals surface area contributed by atoms with Crippen molar-refractivity contribution in [1.29, 1.82) is 0 Å². The highest BCUT2D eigenvalue weighted by Crippen LogP contribution is 2.18. The Kier molecular flexibility index (Phi) is 7.11. The summed E-state index contributed by atoms with van der Waals surface area (Å²) in [6.07, 6.45) is 0. The van der Waals surface area contributed by atoms with Crippen LogP contribution >= 0.6 is 23.2 Å². The first-order chi connectivity index (χ1) is 14.0. The van der Waals surface area contributed by atoms with Crippen LogP contribution in [0.2, 0.25) is 10.0 Å². The van der Waals surface area contributed by atoms with Crippen LogP contribution in [0, 0.1) is 0 Å². The fraction of sp³-hybridized carbons (Fsp3) is 0.0909. The quantitative estimate of drug-likeness (QED) is 0.559. The normalized spacial score (nSPS) is 10.3. The van der Waals surface area contributed by atoms with Gasteiger partial charge in [0.05, 0.1) is 0 Å². The Balaban J connectivity index is 1.48. The molecule has 0 aliphatic carbocycles. The third kappa shape index (κ3) is 6.24. The molecule has 0 bridgehead atoms. The minimum absolute atomic E-state index is 0.140. The van der Waals surface area contributed by atoms with Gasteiger partial charge in [-0.3, -0.25) is 9.59 Å². The fourth-order valence-electron chi connectivity index (χ4n) is 2.51. The van der Waals surface area contributed by atoms with Gasteiger partial charge in [0, 0.05) is 27.8 Å². The molecule has 0 aromatic heterocycles. The largest absolute Gasteiger partial charge is 0.484 e. The molecule has 0 saturated heterocycles. The third-order valence-electron chi connectivity index (χ3n) is 4.00. The maximum Gasteiger partial charge on any atom is 0.258 e. The molecule has 0 spiro atoms. The first kappa shape index (κ1) is 20.7. The van der Waals surface area contributed by atoms with Gasteiger partial charge < -0.3 is 15.4 Å². The molecule has 0 unspecified atom stereocenters. The monoisotopic (exact) mass is 428 g/mol. The van der Waals surface area contributed by atoms with E-state index >= 15 is 0 Å². The molecular weight excluding hydrogens is 411 g/mol. The van der Waals surface area contributed by atoms with Crippen molar-refractivity contribution < 1.29 is 14.3 Å². The number of hydrogen-bond acceptors (Lipinski definition) is 3. The lowest BCUT2D eigenvalue weighted by atomic mass is 10.2. The predicted molar refractivity (Wildman–Crippen MR) is 115 cm³/mol. The molecule has 5 nitrogen and oxygen atoms in total. The van der Waals surface area contributed by atoms with E-state index in [0.29, 0.717) is 33.6 Å². The van der Waals surface area contributed by atoms with Gasteiger partial charge in [0.25, 0.3) is 11.8 Å². The van der Waals surface area contributed by atoms with Gasteiger partial charge in [0.2, 0.25) is 0 Å². The van der Waals surface area contributed by atoms with Crippen molar-refractivity contribution in [2.24, 2.45) is 0 Å². The van der Waals surface area contributed by atoms with Gasteiger partial charge in [-0.25, -0.2) is 0 Å². The van der Waals surface area contributed by atoms with E-state index in [4.69, 9.17) is 27.9 Å². The van der Waals surface area contributed by atoms with E-state index in [0.717, 1.165) is 5.56 Å². The molecule has 0 radical (unpaired) electrons. The Morgan fingerprint density at radius 2 is 1.66 bits per heavy atom. The van der Waals surface area contributed by atoms with Crippen LogP contribution in [0.5, 0.6) is 5.75 Å². The molecule has 3 aromatic rings. The van der Waals surface area contributed by atoms with Gasteiger partial charge >= 0.3 is 0 Å². The lowest BCUT2D eigenvalue weighted by Crippen LogP contribution is -2.28. The molecule has 148 valence electrons. The zero-order chi connectivity index (χ0) is 20.6. The summed E-state index contributed by atoms with van der Waals surface area (Å²) in [5, 5.41) is 6.65. The first-order valence-corrected chi connectivity index (χ1v) is 9.57. The van der Waals surface area contributed by atoms with Crippen LogP contribution in [-0.4, -0.2) is 18.4 Å². The molecule has 7 heteroatoms. The van der Waals surface area contributed by atoms with Crippen LogP contribution in [0.25, 0.3) is 0 Å². The predicted octanol–water partition coefficient (Wildman–Crippen LogP) is 4.94. The number of amides is 2. The summed E-state index contributed by atoms with van der Waals surface area (Å²) in [6.45, 7) is 0.184. The van der Waals surface area contributed by atoms with Crippen LogP contribution in [0.4, 0.5) is 5.69 Å². The summed E-state index contributed by atoms with van der Waals surface area (Å²) < 4.78 is 5.46. The molecule has 0 heterocycles. The maximum atomic E-state index is 12.3. The number of nitrogens with one attached hydrogen (secondary N) is 2. The molecule has 0 atom stereocenters. The number of carbonyl (C=O) groups is 2. The Hall–Kier alpha value is -3.02. The van der Waals surface area contributed by atoms with Crippen LogP contribution in [0.3, 0.4) is 0 Å². The van der Waals surface area contributed by atoms with Gasteiger partial charge in [-0.1, -0.05) is 47.5 Å². The van der Waals surface area contributed by atoms with E-state index in [2.05, 4.69) is 10.6 Å². The van der Waals surface area contributed by atoms with Gasteiger partial charge in [-0.2, -0.15) is 0 Å². The van der Waals surface area contributed by atoms with E-state index in [1.807, 2.05) is 18.2 Å². The Labute approximate surface area is 178 Å². The van der Waals surface area contributed by atoms with Crippen LogP contribution in [-0.2, 0) is 11.3 Å². The molecule has 0 aliphatic heterocycles. The summed E-state index contributed by atoms with van der Waals surface area (Å²) in [4.78, 5) is 24.2. The minimum Gasteiger partial charge on any atom is -0.484 e. The number of benzene rings is 3. The Morgan fingerprint density at radius 1 is 0.897 bits per heavy atom. The number of ether oxygens (including phenoxy) is 1. The lowest BCUT2D eigenvalue weighted by molar-refractivity contribution is -0.123. The Bertz CT molecular complexity index is 1010. The van der Waals surface area contributed by atoms with Crippen LogP contribution in [0.1, 0.15) is 15.9 Å². The number of hydrogen-bond donors (Lipinski definition) is 2. The number of carbonyl (C=O) groups excluding carboxylic acids is 2. The van der Waals surface area contributed by atoms with E-state index in [-0.39, 0.29) is 18.4 Å². The summed E-state index contributed by atoms with van der Waals surface area (Å²) in [5.41, 5.74) is 1.90. The van der Waals surface area contributed by atoms with Crippen molar-refractivity contribution in [1.82, 2.24) is 5.32 Å². The lowest BCUT2D eigenvalue weighted by Gasteiger charge is -2.09. The second-order valence-electron chi connectivity index (χ2n) is 6.15. The Morgan fingerprint density at radius 3 is 2.38 bits per heavy atom. The molecule has 0 saturated carbocycles. The molecule has 2 N–H and O–H groups in total. The summed E-state index contributed by atoms with van der Waals surface area (Å²) in [6, 6.07) is 20.7. The van der Waals surface area contributed by atoms with Crippen molar-refractivity contribution in [3.8, 4) is 5.75 Å². The van der Waals surface area contributed by atoms with Crippen LogP contribution in [0.15, 0.2) is 72.8 Å². The molecule has 2 amide bonds. The SMILES string of the molecule is O=C(COc1ccc(C(=O)Nc2cccc(Cl)c2)cc1)NCc1ccccc1Cl. The maximum absolute atomic E-state index is 12.3. The zero-order valence-electron chi connectivity index (χ0n) is 15.3. The molecule has 3 rings (SSSR count). The third-order valence-corrected chi connectivity index (χ3v) is 4.61. The van der Waals surface area contributed by atoms with E-state index in [9.17, 15) is 9.59 Å². The number of halogens is 2. The average molecular weight is 429 g/mol. The van der Waals surface area contributed by atoms with Crippen molar-refractivity contribution in [2.75, 3.05) is 11.9 Å². The molecule has 3 aromatic carbocycles. The molecule has 0 fully saturated rings. The van der Waals surface area contributed by atoms with Crippen molar-refractivity contribution in [3.05, 3.63) is 94.0 Å². The summed E-state index contributed by atoms with van der Waals surface area (Å²) in [5.74, 6) is -0.0544.